The zero-order chi connectivity index (χ0) is 21.1. The molecule has 0 spiro atoms. The highest BCUT2D eigenvalue weighted by molar-refractivity contribution is 7.94. The molecular formula is C21H28N2O4S2. The quantitative estimate of drug-likeness (QED) is 0.713. The Morgan fingerprint density at radius 2 is 1.93 bits per heavy atom. The number of amides is 1. The average molecular weight is 437 g/mol. The van der Waals surface area contributed by atoms with Gasteiger partial charge in [-0.2, -0.15) is 0 Å². The third kappa shape index (κ3) is 5.58. The second-order valence-electron chi connectivity index (χ2n) is 8.38. The number of hydrogen-bond donors (Lipinski definition) is 2. The van der Waals surface area contributed by atoms with Gasteiger partial charge >= 0.3 is 0 Å². The van der Waals surface area contributed by atoms with Crippen LogP contribution in [-0.2, 0) is 14.8 Å². The first-order valence-corrected chi connectivity index (χ1v) is 12.1. The zero-order valence-corrected chi connectivity index (χ0v) is 18.6. The van der Waals surface area contributed by atoms with Crippen LogP contribution in [0.2, 0.25) is 0 Å². The fourth-order valence-corrected chi connectivity index (χ4v) is 5.70. The zero-order valence-electron chi connectivity index (χ0n) is 17.0. The van der Waals surface area contributed by atoms with E-state index in [0.29, 0.717) is 17.8 Å². The molecule has 3 rings (SSSR count). The lowest BCUT2D eigenvalue weighted by molar-refractivity contribution is -0.0839. The van der Waals surface area contributed by atoms with Gasteiger partial charge in [-0.25, -0.2) is 8.42 Å². The van der Waals surface area contributed by atoms with E-state index < -0.39 is 10.0 Å². The number of sulfonamides is 1. The number of thiophene rings is 1. The number of rotatable bonds is 6. The minimum atomic E-state index is -3.59. The van der Waals surface area contributed by atoms with Crippen LogP contribution in [0.4, 0.5) is 5.69 Å². The molecule has 1 aromatic heterocycles. The summed E-state index contributed by atoms with van der Waals surface area (Å²) in [5.41, 5.74) is 0.938. The molecule has 8 heteroatoms. The molecule has 1 aromatic carbocycles. The average Bonchev–Trinajstić information content (AvgIpc) is 3.22. The predicted molar refractivity (Wildman–Crippen MR) is 116 cm³/mol. The van der Waals surface area contributed by atoms with Gasteiger partial charge in [0.25, 0.3) is 15.9 Å². The highest BCUT2D eigenvalue weighted by Gasteiger charge is 2.35. The summed E-state index contributed by atoms with van der Waals surface area (Å²) >= 11 is 1.15. The minimum absolute atomic E-state index is 0.0250. The van der Waals surface area contributed by atoms with Gasteiger partial charge in [0.05, 0.1) is 6.10 Å². The molecule has 2 heterocycles. The van der Waals surface area contributed by atoms with Crippen LogP contribution in [0.5, 0.6) is 0 Å². The van der Waals surface area contributed by atoms with Gasteiger partial charge in [-0.1, -0.05) is 26.8 Å². The molecule has 0 saturated carbocycles. The summed E-state index contributed by atoms with van der Waals surface area (Å²) in [6.45, 7) is 7.82. The summed E-state index contributed by atoms with van der Waals surface area (Å²) in [6, 6.07) is 9.69. The van der Waals surface area contributed by atoms with E-state index in [-0.39, 0.29) is 27.6 Å². The smallest absolute Gasteiger partial charge is 0.271 e. The molecule has 1 amide bonds. The van der Waals surface area contributed by atoms with Crippen molar-refractivity contribution in [3.8, 4) is 0 Å². The molecule has 1 fully saturated rings. The van der Waals surface area contributed by atoms with Crippen LogP contribution < -0.4 is 10.0 Å². The van der Waals surface area contributed by atoms with Gasteiger partial charge in [0.15, 0.2) is 0 Å². The van der Waals surface area contributed by atoms with Crippen LogP contribution in [0, 0.1) is 11.3 Å². The van der Waals surface area contributed by atoms with Gasteiger partial charge in [0.1, 0.15) is 4.21 Å². The van der Waals surface area contributed by atoms with Crippen molar-refractivity contribution in [1.29, 1.82) is 0 Å². The van der Waals surface area contributed by atoms with Gasteiger partial charge in [-0.05, 0) is 54.0 Å². The Bertz CT molecular complexity index is 917. The maximum Gasteiger partial charge on any atom is 0.271 e. The maximum atomic E-state index is 12.5. The van der Waals surface area contributed by atoms with Crippen LogP contribution in [0.1, 0.15) is 44.0 Å². The SMILES string of the molecule is CC(C)(C)C1OCCCC1CNC(=O)c1ccc(NS(=O)(=O)c2cccs2)cc1. The molecule has 6 nitrogen and oxygen atoms in total. The molecular weight excluding hydrogens is 408 g/mol. The molecule has 2 N–H and O–H groups in total. The Morgan fingerprint density at radius 1 is 1.21 bits per heavy atom. The minimum Gasteiger partial charge on any atom is -0.377 e. The summed E-state index contributed by atoms with van der Waals surface area (Å²) in [7, 11) is -3.59. The normalized spacial score (nSPS) is 20.2. The van der Waals surface area contributed by atoms with Gasteiger partial charge in [0.2, 0.25) is 0 Å². The van der Waals surface area contributed by atoms with Crippen LogP contribution >= 0.6 is 11.3 Å². The van der Waals surface area contributed by atoms with E-state index in [1.807, 2.05) is 0 Å². The molecule has 158 valence electrons. The Labute approximate surface area is 176 Å². The first kappa shape index (κ1) is 21.8. The van der Waals surface area contributed by atoms with Crippen molar-refractivity contribution >= 4 is 33.0 Å². The number of nitrogens with one attached hydrogen (secondary N) is 2. The third-order valence-electron chi connectivity index (χ3n) is 4.98. The summed E-state index contributed by atoms with van der Waals surface area (Å²) in [6.07, 6.45) is 2.16. The van der Waals surface area contributed by atoms with E-state index in [1.165, 1.54) is 0 Å². The second kappa shape index (κ2) is 8.85. The molecule has 0 bridgehead atoms. The largest absolute Gasteiger partial charge is 0.377 e. The lowest BCUT2D eigenvalue weighted by Crippen LogP contribution is -2.45. The Morgan fingerprint density at radius 3 is 2.55 bits per heavy atom. The van der Waals surface area contributed by atoms with Gasteiger partial charge in [-0.15, -0.1) is 11.3 Å². The number of carbonyl (C=O) groups is 1. The van der Waals surface area contributed by atoms with Crippen molar-refractivity contribution in [2.45, 2.75) is 43.9 Å². The molecule has 0 radical (unpaired) electrons. The fraction of sp³-hybridized carbons (Fsp3) is 0.476. The molecule has 1 saturated heterocycles. The lowest BCUT2D eigenvalue weighted by atomic mass is 9.78. The number of ether oxygens (including phenoxy) is 1. The van der Waals surface area contributed by atoms with Crippen LogP contribution in [0.15, 0.2) is 46.0 Å². The molecule has 1 aliphatic rings. The van der Waals surface area contributed by atoms with Crippen molar-refractivity contribution < 1.29 is 17.9 Å². The Hall–Kier alpha value is -1.90. The number of anilines is 1. The van der Waals surface area contributed by atoms with E-state index in [4.69, 9.17) is 4.74 Å². The molecule has 0 aliphatic carbocycles. The van der Waals surface area contributed by atoms with Crippen molar-refractivity contribution in [2.24, 2.45) is 11.3 Å². The summed E-state index contributed by atoms with van der Waals surface area (Å²) in [5.74, 6) is 0.112. The second-order valence-corrected chi connectivity index (χ2v) is 11.2. The molecule has 2 atom stereocenters. The fourth-order valence-electron chi connectivity index (χ4n) is 3.65. The summed E-state index contributed by atoms with van der Waals surface area (Å²) in [5, 5.41) is 4.72. The maximum absolute atomic E-state index is 12.5. The van der Waals surface area contributed by atoms with E-state index in [1.54, 1.807) is 41.8 Å². The predicted octanol–water partition coefficient (Wildman–Crippen LogP) is 4.12. The molecule has 2 unspecified atom stereocenters. The topological polar surface area (TPSA) is 84.5 Å². The molecule has 29 heavy (non-hydrogen) atoms. The van der Waals surface area contributed by atoms with Crippen LogP contribution in [0.25, 0.3) is 0 Å². The first-order chi connectivity index (χ1) is 13.7. The van der Waals surface area contributed by atoms with Crippen molar-refractivity contribution in [3.63, 3.8) is 0 Å². The van der Waals surface area contributed by atoms with E-state index >= 15 is 0 Å². The molecule has 1 aliphatic heterocycles. The van der Waals surface area contributed by atoms with Crippen molar-refractivity contribution in [1.82, 2.24) is 5.32 Å². The molecule has 2 aromatic rings. The third-order valence-corrected chi connectivity index (χ3v) is 7.76. The van der Waals surface area contributed by atoms with E-state index in [2.05, 4.69) is 30.8 Å². The van der Waals surface area contributed by atoms with Crippen LogP contribution in [0.3, 0.4) is 0 Å². The van der Waals surface area contributed by atoms with Crippen molar-refractivity contribution in [3.05, 3.63) is 47.3 Å². The highest BCUT2D eigenvalue weighted by Crippen LogP contribution is 2.33. The lowest BCUT2D eigenvalue weighted by Gasteiger charge is -2.40. The van der Waals surface area contributed by atoms with Crippen LogP contribution in [-0.4, -0.2) is 33.6 Å². The number of carbonyl (C=O) groups excluding carboxylic acids is 1. The van der Waals surface area contributed by atoms with E-state index in [9.17, 15) is 13.2 Å². The van der Waals surface area contributed by atoms with Gasteiger partial charge in [0, 0.05) is 30.3 Å². The highest BCUT2D eigenvalue weighted by atomic mass is 32.2. The first-order valence-electron chi connectivity index (χ1n) is 9.73. The standard InChI is InChI=1S/C21H28N2O4S2/c1-21(2,3)19-16(6-4-12-27-19)14-22-20(24)15-8-10-17(11-9-15)23-29(25,26)18-7-5-13-28-18/h5,7-11,13,16,19,23H,4,6,12,14H2,1-3H3,(H,22,24). The Balaban J connectivity index is 1.59. The number of benzene rings is 1. The monoisotopic (exact) mass is 436 g/mol. The van der Waals surface area contributed by atoms with Gasteiger partial charge in [-0.3, -0.25) is 9.52 Å². The summed E-state index contributed by atoms with van der Waals surface area (Å²) in [4.78, 5) is 12.5. The van der Waals surface area contributed by atoms with Gasteiger partial charge < -0.3 is 10.1 Å². The Kier molecular flexibility index (Phi) is 6.65. The summed E-state index contributed by atoms with van der Waals surface area (Å²) < 4.78 is 33.3. The number of hydrogen-bond acceptors (Lipinski definition) is 5. The van der Waals surface area contributed by atoms with Crippen molar-refractivity contribution in [2.75, 3.05) is 17.9 Å². The van der Waals surface area contributed by atoms with E-state index in [0.717, 1.165) is 30.8 Å².